The number of carbonyl (C=O) groups is 2. The van der Waals surface area contributed by atoms with Crippen molar-refractivity contribution in [1.82, 2.24) is 5.32 Å². The molecule has 2 aliphatic rings. The van der Waals surface area contributed by atoms with E-state index in [4.69, 9.17) is 14.2 Å². The predicted octanol–water partition coefficient (Wildman–Crippen LogP) is 1.19. The topological polar surface area (TPSA) is 77.1 Å². The summed E-state index contributed by atoms with van der Waals surface area (Å²) >= 11 is 0. The van der Waals surface area contributed by atoms with Crippen LogP contribution in [0.15, 0.2) is 35.8 Å². The number of methoxy groups -OCH3 is 1. The van der Waals surface area contributed by atoms with Crippen molar-refractivity contribution in [3.63, 3.8) is 0 Å². The first kappa shape index (κ1) is 16.2. The number of rotatable bonds is 4. The number of allylic oxidation sites excluding steroid dienone is 1. The molecule has 2 amide bonds. The molecule has 7 nitrogen and oxygen atoms in total. The van der Waals surface area contributed by atoms with E-state index in [0.29, 0.717) is 25.5 Å². The fourth-order valence-electron chi connectivity index (χ4n) is 2.80. The molecule has 0 radical (unpaired) electrons. The lowest BCUT2D eigenvalue weighted by Crippen LogP contribution is -2.39. The first-order valence-corrected chi connectivity index (χ1v) is 7.80. The molecule has 2 heterocycles. The Bertz CT molecular complexity index is 668. The van der Waals surface area contributed by atoms with E-state index in [1.165, 1.54) is 0 Å². The highest BCUT2D eigenvalue weighted by molar-refractivity contribution is 5.98. The van der Waals surface area contributed by atoms with Crippen LogP contribution in [0.4, 0.5) is 5.69 Å². The lowest BCUT2D eigenvalue weighted by atomic mass is 10.2. The van der Waals surface area contributed by atoms with Crippen LogP contribution in [0.25, 0.3) is 0 Å². The Kier molecular flexibility index (Phi) is 4.59. The third-order valence-electron chi connectivity index (χ3n) is 4.02. The highest BCUT2D eigenvalue weighted by Gasteiger charge is 2.33. The van der Waals surface area contributed by atoms with E-state index < -0.39 is 0 Å². The van der Waals surface area contributed by atoms with Gasteiger partial charge in [-0.25, -0.2) is 0 Å². The lowest BCUT2D eigenvalue weighted by molar-refractivity contribution is -0.123. The SMILES string of the molecule is COc1ccc(N2CC(NC(=O)C3=C(C)OCCO3)CC2=O)cc1. The van der Waals surface area contributed by atoms with Gasteiger partial charge in [0.05, 0.1) is 13.2 Å². The zero-order valence-corrected chi connectivity index (χ0v) is 13.7. The maximum absolute atomic E-state index is 12.3. The van der Waals surface area contributed by atoms with E-state index in [-0.39, 0.29) is 30.0 Å². The van der Waals surface area contributed by atoms with Crippen LogP contribution in [0.1, 0.15) is 13.3 Å². The molecule has 0 aromatic heterocycles. The minimum Gasteiger partial charge on any atom is -0.497 e. The minimum absolute atomic E-state index is 0.0306. The van der Waals surface area contributed by atoms with E-state index in [9.17, 15) is 9.59 Å². The largest absolute Gasteiger partial charge is 0.497 e. The van der Waals surface area contributed by atoms with Crippen LogP contribution in [0.5, 0.6) is 5.75 Å². The van der Waals surface area contributed by atoms with Gasteiger partial charge in [0.25, 0.3) is 5.91 Å². The summed E-state index contributed by atoms with van der Waals surface area (Å²) in [5.74, 6) is 1.01. The standard InChI is InChI=1S/C17H20N2O5/c1-11-16(24-8-7-23-11)17(21)18-12-9-15(20)19(10-12)13-3-5-14(22-2)6-4-13/h3-6,12H,7-10H2,1-2H3,(H,18,21). The Morgan fingerprint density at radius 1 is 1.25 bits per heavy atom. The normalized spacial score (nSPS) is 20.5. The second kappa shape index (κ2) is 6.82. The molecule has 1 N–H and O–H groups in total. The van der Waals surface area contributed by atoms with Crippen molar-refractivity contribution >= 4 is 17.5 Å². The van der Waals surface area contributed by atoms with Crippen molar-refractivity contribution < 1.29 is 23.8 Å². The molecule has 1 aromatic carbocycles. The molecule has 3 rings (SSSR count). The number of hydrogen-bond acceptors (Lipinski definition) is 5. The average molecular weight is 332 g/mol. The molecule has 1 aromatic rings. The average Bonchev–Trinajstić information content (AvgIpc) is 2.95. The van der Waals surface area contributed by atoms with Crippen LogP contribution >= 0.6 is 0 Å². The first-order chi connectivity index (χ1) is 11.6. The zero-order chi connectivity index (χ0) is 17.1. The van der Waals surface area contributed by atoms with Gasteiger partial charge in [-0.05, 0) is 31.2 Å². The van der Waals surface area contributed by atoms with E-state index in [0.717, 1.165) is 11.4 Å². The van der Waals surface area contributed by atoms with Crippen LogP contribution in [-0.2, 0) is 19.1 Å². The molecule has 128 valence electrons. The summed E-state index contributed by atoms with van der Waals surface area (Å²) in [5, 5.41) is 2.84. The van der Waals surface area contributed by atoms with Crippen molar-refractivity contribution in [1.29, 1.82) is 0 Å². The van der Waals surface area contributed by atoms with Gasteiger partial charge in [0.1, 0.15) is 24.7 Å². The van der Waals surface area contributed by atoms with Crippen LogP contribution < -0.4 is 15.0 Å². The lowest BCUT2D eigenvalue weighted by Gasteiger charge is -2.21. The summed E-state index contributed by atoms with van der Waals surface area (Å²) in [6.45, 7) is 2.90. The summed E-state index contributed by atoms with van der Waals surface area (Å²) in [7, 11) is 1.59. The highest BCUT2D eigenvalue weighted by Crippen LogP contribution is 2.24. The Hall–Kier alpha value is -2.70. The van der Waals surface area contributed by atoms with Gasteiger partial charge in [-0.3, -0.25) is 9.59 Å². The number of anilines is 1. The zero-order valence-electron chi connectivity index (χ0n) is 13.7. The summed E-state index contributed by atoms with van der Waals surface area (Å²) in [6.07, 6.45) is 0.255. The molecule has 1 saturated heterocycles. The fraction of sp³-hybridized carbons (Fsp3) is 0.412. The Labute approximate surface area is 140 Å². The molecule has 0 bridgehead atoms. The smallest absolute Gasteiger partial charge is 0.290 e. The maximum atomic E-state index is 12.3. The minimum atomic E-state index is -0.346. The molecule has 0 aliphatic carbocycles. The molecule has 0 spiro atoms. The van der Waals surface area contributed by atoms with Crippen molar-refractivity contribution in [3.8, 4) is 5.75 Å². The molecule has 1 fully saturated rings. The molecule has 1 unspecified atom stereocenters. The Morgan fingerprint density at radius 3 is 2.62 bits per heavy atom. The summed E-state index contributed by atoms with van der Waals surface area (Å²) in [5.41, 5.74) is 0.783. The number of benzene rings is 1. The maximum Gasteiger partial charge on any atom is 0.290 e. The van der Waals surface area contributed by atoms with Gasteiger partial charge < -0.3 is 24.4 Å². The van der Waals surface area contributed by atoms with Crippen molar-refractivity contribution in [2.75, 3.05) is 31.8 Å². The third kappa shape index (κ3) is 3.29. The third-order valence-corrected chi connectivity index (χ3v) is 4.02. The molecule has 2 aliphatic heterocycles. The molecule has 0 saturated carbocycles. The van der Waals surface area contributed by atoms with Crippen molar-refractivity contribution in [2.24, 2.45) is 0 Å². The second-order valence-corrected chi connectivity index (χ2v) is 5.66. The molecule has 7 heteroatoms. The van der Waals surface area contributed by atoms with Crippen molar-refractivity contribution in [3.05, 3.63) is 35.8 Å². The molecule has 24 heavy (non-hydrogen) atoms. The Balaban J connectivity index is 1.65. The highest BCUT2D eigenvalue weighted by atomic mass is 16.6. The van der Waals surface area contributed by atoms with Gasteiger partial charge in [0, 0.05) is 18.7 Å². The summed E-state index contributed by atoms with van der Waals surface area (Å²) in [6, 6.07) is 6.99. The van der Waals surface area contributed by atoms with Gasteiger partial charge in [-0.15, -0.1) is 0 Å². The van der Waals surface area contributed by atoms with Crippen LogP contribution in [0.3, 0.4) is 0 Å². The van der Waals surface area contributed by atoms with E-state index in [1.807, 2.05) is 12.1 Å². The Morgan fingerprint density at radius 2 is 1.96 bits per heavy atom. The van der Waals surface area contributed by atoms with Crippen LogP contribution in [-0.4, -0.2) is 44.7 Å². The number of hydrogen-bond donors (Lipinski definition) is 1. The summed E-state index contributed by atoms with van der Waals surface area (Å²) in [4.78, 5) is 26.2. The molecular formula is C17H20N2O5. The van der Waals surface area contributed by atoms with Gasteiger partial charge >= 0.3 is 0 Å². The van der Waals surface area contributed by atoms with Crippen LogP contribution in [0, 0.1) is 0 Å². The van der Waals surface area contributed by atoms with Crippen molar-refractivity contribution in [2.45, 2.75) is 19.4 Å². The monoisotopic (exact) mass is 332 g/mol. The second-order valence-electron chi connectivity index (χ2n) is 5.66. The number of carbonyl (C=O) groups excluding carboxylic acids is 2. The number of nitrogens with zero attached hydrogens (tertiary/aromatic N) is 1. The molecule has 1 atom stereocenters. The van der Waals surface area contributed by atoms with Crippen LogP contribution in [0.2, 0.25) is 0 Å². The van der Waals surface area contributed by atoms with Gasteiger partial charge in [0.15, 0.2) is 0 Å². The van der Waals surface area contributed by atoms with Gasteiger partial charge in [-0.2, -0.15) is 0 Å². The van der Waals surface area contributed by atoms with Gasteiger partial charge in [-0.1, -0.05) is 0 Å². The number of nitrogens with one attached hydrogen (secondary N) is 1. The van der Waals surface area contributed by atoms with E-state index >= 15 is 0 Å². The predicted molar refractivity (Wildman–Crippen MR) is 86.5 cm³/mol. The fourth-order valence-corrected chi connectivity index (χ4v) is 2.80. The van der Waals surface area contributed by atoms with Gasteiger partial charge in [0.2, 0.25) is 11.7 Å². The molecular weight excluding hydrogens is 312 g/mol. The summed E-state index contributed by atoms with van der Waals surface area (Å²) < 4.78 is 15.8. The quantitative estimate of drug-likeness (QED) is 0.896. The van der Waals surface area contributed by atoms with E-state index in [2.05, 4.69) is 5.32 Å². The number of amides is 2. The van der Waals surface area contributed by atoms with E-state index in [1.54, 1.807) is 31.1 Å². The first-order valence-electron chi connectivity index (χ1n) is 7.80. The number of ether oxygens (including phenoxy) is 3.